The molecule has 0 saturated heterocycles. The molecule has 55 heavy (non-hydrogen) atoms. The number of hydrogen-bond donors (Lipinski definition) is 0. The first-order valence-corrected chi connectivity index (χ1v) is 18.9. The number of aromatic nitrogens is 2. The van der Waals surface area contributed by atoms with Crippen LogP contribution in [-0.4, -0.2) is 9.13 Å². The van der Waals surface area contributed by atoms with Gasteiger partial charge in [0.15, 0.2) is 0 Å². The summed E-state index contributed by atoms with van der Waals surface area (Å²) in [6.07, 6.45) is 0. The van der Waals surface area contributed by atoms with E-state index in [0.29, 0.717) is 21.9 Å². The molecule has 0 unspecified atom stereocenters. The van der Waals surface area contributed by atoms with E-state index in [4.69, 9.17) is 4.42 Å². The van der Waals surface area contributed by atoms with Crippen molar-refractivity contribution in [3.05, 3.63) is 192 Å². The lowest BCUT2D eigenvalue weighted by Crippen LogP contribution is -2.02. The van der Waals surface area contributed by atoms with Gasteiger partial charge in [-0.15, -0.1) is 0 Å². The number of benzene rings is 8. The number of fused-ring (bicyclic) bond motifs is 8. The van der Waals surface area contributed by atoms with E-state index < -0.39 is 0 Å². The number of nitrogens with zero attached hydrogens (tertiary/aromatic N) is 2. The summed E-state index contributed by atoms with van der Waals surface area (Å²) in [6.45, 7) is 4.00. The van der Waals surface area contributed by atoms with Crippen LogP contribution in [0.3, 0.4) is 0 Å². The summed E-state index contributed by atoms with van der Waals surface area (Å²) < 4.78 is 11.1. The molecular weight excluding hydrogens is 673 g/mol. The Bertz CT molecular complexity index is 3300. The quantitative estimate of drug-likeness (QED) is 0.171. The van der Waals surface area contributed by atoms with Crippen molar-refractivity contribution < 1.29 is 4.42 Å². The van der Waals surface area contributed by atoms with Crippen molar-refractivity contribution in [3.8, 4) is 33.6 Å². The van der Waals surface area contributed by atoms with Gasteiger partial charge in [0, 0.05) is 32.9 Å². The van der Waals surface area contributed by atoms with Crippen LogP contribution < -0.4 is 5.43 Å². The molecule has 0 amide bonds. The Morgan fingerprint density at radius 2 is 0.764 bits per heavy atom. The van der Waals surface area contributed by atoms with Crippen molar-refractivity contribution in [2.75, 3.05) is 0 Å². The molecule has 4 heteroatoms. The molecule has 8 aromatic carbocycles. The van der Waals surface area contributed by atoms with Gasteiger partial charge in [0.2, 0.25) is 5.43 Å². The normalized spacial score (nSPS) is 11.5. The standard InChI is InChI=1S/C49H30N2O2.C2H6/c52-49-39-23-19-34(32-21-25-46-41(28-32)38-16-8-10-18-44(38)51(46)36-13-5-2-6-14-36)30-48(39)53-47-26-22-33(29-42(47)49)31-20-24-45-40(27-31)37-15-7-9-17-43(37)50(45)35-11-3-1-4-12-35;1-2/h1-30H;1-2H3. The van der Waals surface area contributed by atoms with Crippen molar-refractivity contribution in [2.45, 2.75) is 13.8 Å². The Hall–Kier alpha value is -7.17. The van der Waals surface area contributed by atoms with E-state index in [0.717, 1.165) is 50.2 Å². The summed E-state index contributed by atoms with van der Waals surface area (Å²) in [5.41, 5.74) is 12.1. The van der Waals surface area contributed by atoms with E-state index in [1.165, 1.54) is 27.1 Å². The Balaban J connectivity index is 0.00000183. The van der Waals surface area contributed by atoms with Gasteiger partial charge in [-0.2, -0.15) is 0 Å². The first-order valence-electron chi connectivity index (χ1n) is 18.9. The van der Waals surface area contributed by atoms with Gasteiger partial charge in [0.05, 0.1) is 32.8 Å². The van der Waals surface area contributed by atoms with E-state index in [2.05, 4.69) is 149 Å². The van der Waals surface area contributed by atoms with E-state index in [1.807, 2.05) is 56.3 Å². The van der Waals surface area contributed by atoms with Crippen LogP contribution in [0.25, 0.3) is 99.2 Å². The second-order valence-electron chi connectivity index (χ2n) is 13.7. The molecule has 0 atom stereocenters. The summed E-state index contributed by atoms with van der Waals surface area (Å²) in [5.74, 6) is 0. The molecule has 4 nitrogen and oxygen atoms in total. The van der Waals surface area contributed by atoms with Gasteiger partial charge < -0.3 is 13.6 Å². The molecule has 11 rings (SSSR count). The molecule has 0 spiro atoms. The molecular formula is C51H36N2O2. The van der Waals surface area contributed by atoms with Gasteiger partial charge in [-0.3, -0.25) is 4.79 Å². The molecule has 0 saturated carbocycles. The molecule has 3 heterocycles. The molecule has 0 N–H and O–H groups in total. The fourth-order valence-corrected chi connectivity index (χ4v) is 8.23. The predicted octanol–water partition coefficient (Wildman–Crippen LogP) is 13.5. The van der Waals surface area contributed by atoms with Crippen LogP contribution in [-0.2, 0) is 0 Å². The lowest BCUT2D eigenvalue weighted by Gasteiger charge is -2.09. The van der Waals surface area contributed by atoms with E-state index >= 15 is 0 Å². The zero-order chi connectivity index (χ0) is 37.0. The topological polar surface area (TPSA) is 40.1 Å². The molecule has 0 aliphatic carbocycles. The highest BCUT2D eigenvalue weighted by molar-refractivity contribution is 6.12. The van der Waals surface area contributed by atoms with Crippen molar-refractivity contribution in [3.63, 3.8) is 0 Å². The van der Waals surface area contributed by atoms with Gasteiger partial charge >= 0.3 is 0 Å². The van der Waals surface area contributed by atoms with E-state index in [-0.39, 0.29) is 5.43 Å². The van der Waals surface area contributed by atoms with Crippen molar-refractivity contribution in [1.29, 1.82) is 0 Å². The monoisotopic (exact) mass is 708 g/mol. The largest absolute Gasteiger partial charge is 0.456 e. The maximum absolute atomic E-state index is 14.1. The summed E-state index contributed by atoms with van der Waals surface area (Å²) in [7, 11) is 0. The van der Waals surface area contributed by atoms with Crippen LogP contribution in [0.4, 0.5) is 0 Å². The Morgan fingerprint density at radius 3 is 1.31 bits per heavy atom. The van der Waals surface area contributed by atoms with Crippen LogP contribution in [0.2, 0.25) is 0 Å². The van der Waals surface area contributed by atoms with Crippen molar-refractivity contribution in [2.24, 2.45) is 0 Å². The van der Waals surface area contributed by atoms with Crippen molar-refractivity contribution in [1.82, 2.24) is 9.13 Å². The molecule has 0 bridgehead atoms. The second-order valence-corrected chi connectivity index (χ2v) is 13.7. The average molecular weight is 709 g/mol. The number of para-hydroxylation sites is 4. The molecule has 0 radical (unpaired) electrons. The molecule has 0 fully saturated rings. The van der Waals surface area contributed by atoms with E-state index in [1.54, 1.807) is 0 Å². The lowest BCUT2D eigenvalue weighted by molar-refractivity contribution is 0.660. The third-order valence-electron chi connectivity index (χ3n) is 10.7. The third kappa shape index (κ3) is 5.18. The third-order valence-corrected chi connectivity index (χ3v) is 10.7. The zero-order valence-electron chi connectivity index (χ0n) is 30.5. The minimum absolute atomic E-state index is 0.0298. The van der Waals surface area contributed by atoms with Gasteiger partial charge in [-0.25, -0.2) is 0 Å². The highest BCUT2D eigenvalue weighted by atomic mass is 16.3. The van der Waals surface area contributed by atoms with Gasteiger partial charge in [-0.05, 0) is 107 Å². The SMILES string of the molecule is CC.O=c1c2ccc(-c3ccc4c(c3)c3ccccc3n4-c3ccccc3)cc2oc2ccc(-c3ccc4c(c3)c3ccccc3n4-c3ccccc3)cc12. The van der Waals surface area contributed by atoms with Crippen LogP contribution in [0.5, 0.6) is 0 Å². The number of rotatable bonds is 4. The summed E-state index contributed by atoms with van der Waals surface area (Å²) >= 11 is 0. The van der Waals surface area contributed by atoms with Crippen LogP contribution in [0.15, 0.2) is 191 Å². The smallest absolute Gasteiger partial charge is 0.200 e. The summed E-state index contributed by atoms with van der Waals surface area (Å²) in [5, 5.41) is 5.88. The van der Waals surface area contributed by atoms with Crippen LogP contribution in [0, 0.1) is 0 Å². The van der Waals surface area contributed by atoms with Crippen LogP contribution >= 0.6 is 0 Å². The molecule has 0 aliphatic heterocycles. The van der Waals surface area contributed by atoms with Gasteiger partial charge in [0.1, 0.15) is 11.2 Å². The van der Waals surface area contributed by atoms with Gasteiger partial charge in [0.25, 0.3) is 0 Å². The predicted molar refractivity (Wildman–Crippen MR) is 231 cm³/mol. The lowest BCUT2D eigenvalue weighted by atomic mass is 9.99. The average Bonchev–Trinajstić information content (AvgIpc) is 3.77. The van der Waals surface area contributed by atoms with Crippen LogP contribution in [0.1, 0.15) is 13.8 Å². The summed E-state index contributed by atoms with van der Waals surface area (Å²) in [6, 6.07) is 63.0. The van der Waals surface area contributed by atoms with Gasteiger partial charge in [-0.1, -0.05) is 111 Å². The first kappa shape index (κ1) is 32.5. The Kier molecular flexibility index (Phi) is 7.70. The molecule has 262 valence electrons. The van der Waals surface area contributed by atoms with Crippen molar-refractivity contribution >= 4 is 65.6 Å². The fraction of sp³-hybridized carbons (Fsp3) is 0.0392. The molecule has 3 aromatic heterocycles. The summed E-state index contributed by atoms with van der Waals surface area (Å²) in [4.78, 5) is 14.1. The maximum Gasteiger partial charge on any atom is 0.200 e. The first-order chi connectivity index (χ1) is 27.2. The highest BCUT2D eigenvalue weighted by Gasteiger charge is 2.16. The molecule has 0 aliphatic rings. The number of hydrogen-bond acceptors (Lipinski definition) is 2. The Morgan fingerprint density at radius 1 is 0.345 bits per heavy atom. The zero-order valence-corrected chi connectivity index (χ0v) is 30.5. The highest BCUT2D eigenvalue weighted by Crippen LogP contribution is 2.37. The second kappa shape index (κ2) is 13.0. The minimum Gasteiger partial charge on any atom is -0.456 e. The minimum atomic E-state index is -0.0298. The molecule has 11 aromatic rings. The van der Waals surface area contributed by atoms with E-state index in [9.17, 15) is 4.79 Å². The Labute approximate surface area is 317 Å². The fourth-order valence-electron chi connectivity index (χ4n) is 8.23. The maximum atomic E-state index is 14.1.